The lowest BCUT2D eigenvalue weighted by molar-refractivity contribution is 0.679. The number of rotatable bonds is 6. The van der Waals surface area contributed by atoms with E-state index in [1.807, 2.05) is 24.3 Å². The fourth-order valence-corrected chi connectivity index (χ4v) is 3.29. The monoisotopic (exact) mass is 380 g/mol. The molecule has 0 amide bonds. The molecule has 27 heavy (non-hydrogen) atoms. The average Bonchev–Trinajstić information content (AvgIpc) is 2.71. The number of aromatic nitrogens is 4. The molecule has 1 aliphatic rings. The maximum Gasteiger partial charge on any atom is 0.226 e. The maximum absolute atomic E-state index is 5.97. The highest BCUT2D eigenvalue weighted by Crippen LogP contribution is 2.24. The van der Waals surface area contributed by atoms with Gasteiger partial charge < -0.3 is 10.6 Å². The summed E-state index contributed by atoms with van der Waals surface area (Å²) in [5.41, 5.74) is 3.59. The van der Waals surface area contributed by atoms with Crippen molar-refractivity contribution in [2.45, 2.75) is 32.1 Å². The summed E-state index contributed by atoms with van der Waals surface area (Å²) in [6, 6.07) is 7.45. The number of anilines is 3. The molecule has 2 N–H and O–H groups in total. The summed E-state index contributed by atoms with van der Waals surface area (Å²) in [7, 11) is 0. The molecule has 7 heteroatoms. The van der Waals surface area contributed by atoms with Gasteiger partial charge in [0.2, 0.25) is 5.95 Å². The maximum atomic E-state index is 5.97. The lowest BCUT2D eigenvalue weighted by Crippen LogP contribution is -2.09. The molecule has 0 atom stereocenters. The third-order valence-electron chi connectivity index (χ3n) is 4.55. The molecular weight excluding hydrogens is 360 g/mol. The number of hydrogen-bond acceptors (Lipinski definition) is 6. The minimum Gasteiger partial charge on any atom is -0.354 e. The molecule has 2 heterocycles. The van der Waals surface area contributed by atoms with E-state index < -0.39 is 0 Å². The number of halogens is 1. The van der Waals surface area contributed by atoms with Crippen molar-refractivity contribution in [2.75, 3.05) is 17.2 Å². The van der Waals surface area contributed by atoms with Gasteiger partial charge >= 0.3 is 0 Å². The van der Waals surface area contributed by atoms with Crippen LogP contribution in [-0.2, 0) is 0 Å². The molecule has 6 nitrogen and oxygen atoms in total. The van der Waals surface area contributed by atoms with Crippen LogP contribution in [0.25, 0.3) is 11.2 Å². The number of nitrogens with zero attached hydrogens (tertiary/aromatic N) is 4. The molecule has 0 unspecified atom stereocenters. The van der Waals surface area contributed by atoms with Gasteiger partial charge in [-0.3, -0.25) is 0 Å². The molecule has 2 aromatic heterocycles. The van der Waals surface area contributed by atoms with Crippen LogP contribution in [0.3, 0.4) is 0 Å². The van der Waals surface area contributed by atoms with Crippen LogP contribution in [0.5, 0.6) is 0 Å². The quantitative estimate of drug-likeness (QED) is 0.578. The van der Waals surface area contributed by atoms with E-state index in [4.69, 9.17) is 11.6 Å². The summed E-state index contributed by atoms with van der Waals surface area (Å²) in [4.78, 5) is 17.8. The minimum atomic E-state index is 0.552. The predicted octanol–water partition coefficient (Wildman–Crippen LogP) is 5.12. The predicted molar refractivity (Wildman–Crippen MR) is 110 cm³/mol. The van der Waals surface area contributed by atoms with Crippen molar-refractivity contribution in [3.8, 4) is 0 Å². The smallest absolute Gasteiger partial charge is 0.226 e. The topological polar surface area (TPSA) is 75.6 Å². The van der Waals surface area contributed by atoms with Gasteiger partial charge in [-0.05, 0) is 56.4 Å². The second-order valence-electron chi connectivity index (χ2n) is 6.54. The van der Waals surface area contributed by atoms with Gasteiger partial charge in [0.25, 0.3) is 0 Å². The Morgan fingerprint density at radius 1 is 1.00 bits per heavy atom. The van der Waals surface area contributed by atoms with Gasteiger partial charge in [0, 0.05) is 29.6 Å². The van der Waals surface area contributed by atoms with Crippen molar-refractivity contribution in [3.05, 3.63) is 53.3 Å². The van der Waals surface area contributed by atoms with Crippen LogP contribution in [0, 0.1) is 0 Å². The van der Waals surface area contributed by atoms with Crippen molar-refractivity contribution in [1.82, 2.24) is 19.9 Å². The molecule has 1 aromatic carbocycles. The van der Waals surface area contributed by atoms with Crippen molar-refractivity contribution in [3.63, 3.8) is 0 Å². The van der Waals surface area contributed by atoms with Crippen molar-refractivity contribution in [1.29, 1.82) is 0 Å². The van der Waals surface area contributed by atoms with E-state index in [0.717, 1.165) is 18.7 Å². The average molecular weight is 381 g/mol. The highest BCUT2D eigenvalue weighted by Gasteiger charge is 2.11. The first kappa shape index (κ1) is 17.7. The zero-order valence-electron chi connectivity index (χ0n) is 15.0. The first-order valence-corrected chi connectivity index (χ1v) is 9.59. The van der Waals surface area contributed by atoms with Gasteiger partial charge in [-0.1, -0.05) is 23.3 Å². The number of hydrogen-bond donors (Lipinski definition) is 2. The third kappa shape index (κ3) is 4.52. The van der Waals surface area contributed by atoms with E-state index in [-0.39, 0.29) is 0 Å². The molecular formula is C20H21ClN6. The fourth-order valence-electron chi connectivity index (χ4n) is 3.17. The van der Waals surface area contributed by atoms with Crippen molar-refractivity contribution in [2.24, 2.45) is 0 Å². The van der Waals surface area contributed by atoms with E-state index in [2.05, 4.69) is 36.6 Å². The van der Waals surface area contributed by atoms with E-state index in [0.29, 0.717) is 28.0 Å². The van der Waals surface area contributed by atoms with Crippen LogP contribution >= 0.6 is 11.6 Å². The van der Waals surface area contributed by atoms with Crippen LogP contribution in [0.15, 0.2) is 48.3 Å². The largest absolute Gasteiger partial charge is 0.354 e. The Kier molecular flexibility index (Phi) is 5.44. The van der Waals surface area contributed by atoms with Crippen LogP contribution in [0.4, 0.5) is 17.5 Å². The molecule has 0 radical (unpaired) electrons. The van der Waals surface area contributed by atoms with Crippen LogP contribution < -0.4 is 10.6 Å². The lowest BCUT2D eigenvalue weighted by atomic mass is 9.97. The van der Waals surface area contributed by atoms with Gasteiger partial charge in [0.15, 0.2) is 17.0 Å². The molecule has 3 aromatic rings. The summed E-state index contributed by atoms with van der Waals surface area (Å²) < 4.78 is 0. The summed E-state index contributed by atoms with van der Waals surface area (Å²) in [5.74, 6) is 1.17. The van der Waals surface area contributed by atoms with Gasteiger partial charge in [-0.2, -0.15) is 9.97 Å². The molecule has 0 aliphatic heterocycles. The number of nitrogens with one attached hydrogen (secondary N) is 2. The summed E-state index contributed by atoms with van der Waals surface area (Å²) in [6.45, 7) is 0.804. The van der Waals surface area contributed by atoms with E-state index in [9.17, 15) is 0 Å². The molecule has 0 saturated carbocycles. The number of benzene rings is 1. The zero-order chi connectivity index (χ0) is 18.5. The highest BCUT2D eigenvalue weighted by atomic mass is 35.5. The molecule has 138 valence electrons. The van der Waals surface area contributed by atoms with E-state index in [1.54, 1.807) is 12.4 Å². The second kappa shape index (κ2) is 8.31. The first-order chi connectivity index (χ1) is 13.3. The van der Waals surface area contributed by atoms with E-state index in [1.165, 1.54) is 31.3 Å². The normalized spacial score (nSPS) is 14.0. The van der Waals surface area contributed by atoms with Crippen LogP contribution in [0.1, 0.15) is 32.1 Å². The Hall–Kier alpha value is -2.73. The van der Waals surface area contributed by atoms with Crippen molar-refractivity contribution < 1.29 is 0 Å². The Morgan fingerprint density at radius 2 is 1.85 bits per heavy atom. The van der Waals surface area contributed by atoms with Crippen molar-refractivity contribution >= 4 is 40.2 Å². The summed E-state index contributed by atoms with van der Waals surface area (Å²) in [6.07, 6.45) is 11.7. The van der Waals surface area contributed by atoms with Crippen LogP contribution in [0.2, 0.25) is 5.02 Å². The second-order valence-corrected chi connectivity index (χ2v) is 6.98. The molecule has 1 aliphatic carbocycles. The summed E-state index contributed by atoms with van der Waals surface area (Å²) >= 11 is 5.97. The Morgan fingerprint density at radius 3 is 2.67 bits per heavy atom. The standard InChI is InChI=1S/C20H21ClN6/c21-15-6-8-16(9-7-15)25-19-17-18(23-13-12-22-17)26-20(27-19)24-11-10-14-4-2-1-3-5-14/h4,6-9,12-13H,1-3,5,10-11H2,(H2,23,24,25,26,27). The number of allylic oxidation sites excluding steroid dienone is 1. The Labute approximate surface area is 163 Å². The Balaban J connectivity index is 1.54. The summed E-state index contributed by atoms with van der Waals surface area (Å²) in [5, 5.41) is 7.31. The molecule has 0 saturated heterocycles. The van der Waals surface area contributed by atoms with Gasteiger partial charge in [-0.25, -0.2) is 9.97 Å². The first-order valence-electron chi connectivity index (χ1n) is 9.21. The molecule has 0 fully saturated rings. The highest BCUT2D eigenvalue weighted by molar-refractivity contribution is 6.30. The third-order valence-corrected chi connectivity index (χ3v) is 4.81. The fraction of sp³-hybridized carbons (Fsp3) is 0.300. The lowest BCUT2D eigenvalue weighted by Gasteiger charge is -2.14. The molecule has 0 bridgehead atoms. The SMILES string of the molecule is Clc1ccc(Nc2nc(NCCC3=CCCCC3)nc3nccnc23)cc1. The molecule has 0 spiro atoms. The zero-order valence-corrected chi connectivity index (χ0v) is 15.7. The van der Waals surface area contributed by atoms with E-state index >= 15 is 0 Å². The van der Waals surface area contributed by atoms with Gasteiger partial charge in [0.1, 0.15) is 0 Å². The molecule has 4 rings (SSSR count). The Bertz CT molecular complexity index is 954. The van der Waals surface area contributed by atoms with Crippen LogP contribution in [-0.4, -0.2) is 26.5 Å². The number of fused-ring (bicyclic) bond motifs is 1. The minimum absolute atomic E-state index is 0.552. The van der Waals surface area contributed by atoms with Gasteiger partial charge in [-0.15, -0.1) is 0 Å². The van der Waals surface area contributed by atoms with Gasteiger partial charge in [0.05, 0.1) is 0 Å².